The molecule has 1 aromatic rings. The largest absolute Gasteiger partial charge is 0.484 e. The maximum absolute atomic E-state index is 11.8. The molecular weight excluding hydrogens is 306 g/mol. The number of hydrogen-bond acceptors (Lipinski definition) is 2. The molecule has 1 aliphatic carbocycles. The molecule has 4 heteroatoms. The third-order valence-electron chi connectivity index (χ3n) is 3.50. The lowest BCUT2D eigenvalue weighted by molar-refractivity contribution is -0.123. The van der Waals surface area contributed by atoms with Crippen molar-refractivity contribution in [2.45, 2.75) is 45.6 Å². The number of halogens is 1. The van der Waals surface area contributed by atoms with E-state index in [2.05, 4.69) is 21.2 Å². The molecule has 1 amide bonds. The van der Waals surface area contributed by atoms with Crippen molar-refractivity contribution < 1.29 is 9.53 Å². The smallest absolute Gasteiger partial charge is 0.258 e. The fourth-order valence-corrected chi connectivity index (χ4v) is 2.71. The van der Waals surface area contributed by atoms with E-state index in [0.717, 1.165) is 34.2 Å². The summed E-state index contributed by atoms with van der Waals surface area (Å²) >= 11 is 3.52. The van der Waals surface area contributed by atoms with Gasteiger partial charge in [-0.25, -0.2) is 0 Å². The standard InChI is InChI=1S/C15H20BrNO2/c1-10-7-13(8-11(2)15(10)16)19-9-14(18)17-12-5-3-4-6-12/h7-8,12H,3-6,9H2,1-2H3,(H,17,18). The van der Waals surface area contributed by atoms with E-state index in [0.29, 0.717) is 6.04 Å². The quantitative estimate of drug-likeness (QED) is 0.920. The van der Waals surface area contributed by atoms with Crippen LogP contribution in [0.1, 0.15) is 36.8 Å². The zero-order chi connectivity index (χ0) is 13.8. The van der Waals surface area contributed by atoms with Gasteiger partial charge in [0, 0.05) is 10.5 Å². The molecule has 0 atom stereocenters. The molecule has 0 spiro atoms. The number of rotatable bonds is 4. The zero-order valence-electron chi connectivity index (χ0n) is 11.5. The van der Waals surface area contributed by atoms with Gasteiger partial charge in [-0.3, -0.25) is 4.79 Å². The van der Waals surface area contributed by atoms with E-state index in [4.69, 9.17) is 4.74 Å². The fraction of sp³-hybridized carbons (Fsp3) is 0.533. The molecule has 0 saturated heterocycles. The summed E-state index contributed by atoms with van der Waals surface area (Å²) in [5.74, 6) is 0.727. The number of nitrogens with one attached hydrogen (secondary N) is 1. The number of carbonyl (C=O) groups is 1. The lowest BCUT2D eigenvalue weighted by Gasteiger charge is -2.13. The van der Waals surface area contributed by atoms with Crippen LogP contribution >= 0.6 is 15.9 Å². The Hall–Kier alpha value is -1.03. The molecule has 1 aromatic carbocycles. The van der Waals surface area contributed by atoms with Crippen LogP contribution in [0.15, 0.2) is 16.6 Å². The monoisotopic (exact) mass is 325 g/mol. The van der Waals surface area contributed by atoms with E-state index >= 15 is 0 Å². The van der Waals surface area contributed by atoms with Gasteiger partial charge in [0.05, 0.1) is 0 Å². The van der Waals surface area contributed by atoms with Crippen molar-refractivity contribution in [2.24, 2.45) is 0 Å². The molecule has 19 heavy (non-hydrogen) atoms. The Kier molecular flexibility index (Phi) is 4.86. The number of aryl methyl sites for hydroxylation is 2. The highest BCUT2D eigenvalue weighted by molar-refractivity contribution is 9.10. The summed E-state index contributed by atoms with van der Waals surface area (Å²) in [5, 5.41) is 3.02. The minimum atomic E-state index is -0.0230. The first-order valence-electron chi connectivity index (χ1n) is 6.75. The second kappa shape index (κ2) is 6.42. The first kappa shape index (κ1) is 14.4. The minimum absolute atomic E-state index is 0.0230. The first-order valence-corrected chi connectivity index (χ1v) is 7.54. The van der Waals surface area contributed by atoms with Gasteiger partial charge in [0.15, 0.2) is 6.61 Å². The maximum Gasteiger partial charge on any atom is 0.258 e. The number of benzene rings is 1. The second-order valence-electron chi connectivity index (χ2n) is 5.21. The third-order valence-corrected chi connectivity index (χ3v) is 4.75. The van der Waals surface area contributed by atoms with Crippen molar-refractivity contribution in [1.29, 1.82) is 0 Å². The van der Waals surface area contributed by atoms with Gasteiger partial charge < -0.3 is 10.1 Å². The zero-order valence-corrected chi connectivity index (χ0v) is 13.0. The van der Waals surface area contributed by atoms with Gasteiger partial charge in [-0.1, -0.05) is 28.8 Å². The Labute approximate surface area is 122 Å². The molecule has 1 N–H and O–H groups in total. The summed E-state index contributed by atoms with van der Waals surface area (Å²) in [7, 11) is 0. The Bertz CT molecular complexity index is 444. The summed E-state index contributed by atoms with van der Waals surface area (Å²) in [6, 6.07) is 4.24. The van der Waals surface area contributed by atoms with Crippen molar-refractivity contribution in [3.05, 3.63) is 27.7 Å². The number of amides is 1. The molecule has 2 rings (SSSR count). The van der Waals surface area contributed by atoms with E-state index in [9.17, 15) is 4.79 Å². The fourth-order valence-electron chi connectivity index (χ4n) is 2.48. The highest BCUT2D eigenvalue weighted by Crippen LogP contribution is 2.26. The molecule has 3 nitrogen and oxygen atoms in total. The SMILES string of the molecule is Cc1cc(OCC(=O)NC2CCCC2)cc(C)c1Br. The Morgan fingerprint density at radius 2 is 1.89 bits per heavy atom. The average Bonchev–Trinajstić information content (AvgIpc) is 2.86. The molecule has 0 aliphatic heterocycles. The summed E-state index contributed by atoms with van der Waals surface area (Å²) in [4.78, 5) is 11.8. The number of carbonyl (C=O) groups excluding carboxylic acids is 1. The van der Waals surface area contributed by atoms with Crippen LogP contribution in [0, 0.1) is 13.8 Å². The molecule has 0 radical (unpaired) electrons. The van der Waals surface area contributed by atoms with Gasteiger partial charge in [-0.2, -0.15) is 0 Å². The van der Waals surface area contributed by atoms with Crippen LogP contribution in [0.4, 0.5) is 0 Å². The molecule has 104 valence electrons. The van der Waals surface area contributed by atoms with Gasteiger partial charge in [-0.05, 0) is 49.9 Å². The summed E-state index contributed by atoms with van der Waals surface area (Å²) in [6.45, 7) is 4.13. The average molecular weight is 326 g/mol. The predicted octanol–water partition coefficient (Wildman–Crippen LogP) is 3.50. The topological polar surface area (TPSA) is 38.3 Å². The highest BCUT2D eigenvalue weighted by Gasteiger charge is 2.17. The van der Waals surface area contributed by atoms with Crippen LogP contribution in [-0.4, -0.2) is 18.6 Å². The summed E-state index contributed by atoms with van der Waals surface area (Å²) in [6.07, 6.45) is 4.64. The van der Waals surface area contributed by atoms with E-state index in [-0.39, 0.29) is 12.5 Å². The Morgan fingerprint density at radius 3 is 2.47 bits per heavy atom. The Balaban J connectivity index is 1.86. The van der Waals surface area contributed by atoms with Crippen LogP contribution in [0.25, 0.3) is 0 Å². The van der Waals surface area contributed by atoms with Crippen LogP contribution in [0.2, 0.25) is 0 Å². The summed E-state index contributed by atoms with van der Waals surface area (Å²) < 4.78 is 6.65. The molecule has 1 aliphatic rings. The van der Waals surface area contributed by atoms with Crippen molar-refractivity contribution >= 4 is 21.8 Å². The molecule has 1 fully saturated rings. The van der Waals surface area contributed by atoms with Gasteiger partial charge >= 0.3 is 0 Å². The van der Waals surface area contributed by atoms with Gasteiger partial charge in [-0.15, -0.1) is 0 Å². The van der Waals surface area contributed by atoms with Crippen molar-refractivity contribution in [3.63, 3.8) is 0 Å². The second-order valence-corrected chi connectivity index (χ2v) is 6.00. The van der Waals surface area contributed by atoms with E-state index < -0.39 is 0 Å². The van der Waals surface area contributed by atoms with Crippen LogP contribution in [-0.2, 0) is 4.79 Å². The molecule has 0 heterocycles. The predicted molar refractivity (Wildman–Crippen MR) is 79.5 cm³/mol. The number of hydrogen-bond donors (Lipinski definition) is 1. The third kappa shape index (κ3) is 3.96. The van der Waals surface area contributed by atoms with Gasteiger partial charge in [0.1, 0.15) is 5.75 Å². The molecule has 0 unspecified atom stereocenters. The maximum atomic E-state index is 11.8. The van der Waals surface area contributed by atoms with Gasteiger partial charge in [0.25, 0.3) is 5.91 Å². The molecule has 1 saturated carbocycles. The first-order chi connectivity index (χ1) is 9.06. The molecular formula is C15H20BrNO2. The lowest BCUT2D eigenvalue weighted by atomic mass is 10.1. The molecule has 0 bridgehead atoms. The highest BCUT2D eigenvalue weighted by atomic mass is 79.9. The van der Waals surface area contributed by atoms with Crippen LogP contribution < -0.4 is 10.1 Å². The van der Waals surface area contributed by atoms with Gasteiger partial charge in [0.2, 0.25) is 0 Å². The Morgan fingerprint density at radius 1 is 1.32 bits per heavy atom. The summed E-state index contributed by atoms with van der Waals surface area (Å²) in [5.41, 5.74) is 2.23. The lowest BCUT2D eigenvalue weighted by Crippen LogP contribution is -2.36. The van der Waals surface area contributed by atoms with Crippen molar-refractivity contribution in [1.82, 2.24) is 5.32 Å². The van der Waals surface area contributed by atoms with E-state index in [1.165, 1.54) is 12.8 Å². The van der Waals surface area contributed by atoms with Crippen LogP contribution in [0.3, 0.4) is 0 Å². The number of ether oxygens (including phenoxy) is 1. The van der Waals surface area contributed by atoms with Crippen LogP contribution in [0.5, 0.6) is 5.75 Å². The van der Waals surface area contributed by atoms with Crippen molar-refractivity contribution in [3.8, 4) is 5.75 Å². The van der Waals surface area contributed by atoms with Crippen molar-refractivity contribution in [2.75, 3.05) is 6.61 Å². The van der Waals surface area contributed by atoms with E-state index in [1.807, 2.05) is 26.0 Å². The van der Waals surface area contributed by atoms with E-state index in [1.54, 1.807) is 0 Å². The molecule has 0 aromatic heterocycles. The minimum Gasteiger partial charge on any atom is -0.484 e. The normalized spacial score (nSPS) is 15.5.